The molecule has 1 atom stereocenters. The van der Waals surface area contributed by atoms with Crippen LogP contribution in [0.15, 0.2) is 45.8 Å². The molecule has 2 fully saturated rings. The highest BCUT2D eigenvalue weighted by Gasteiger charge is 2.28. The molecular weight excluding hydrogens is 570 g/mol. The van der Waals surface area contributed by atoms with Crippen molar-refractivity contribution in [3.05, 3.63) is 57.9 Å². The van der Waals surface area contributed by atoms with E-state index >= 15 is 0 Å². The Labute approximate surface area is 240 Å². The van der Waals surface area contributed by atoms with Crippen LogP contribution in [0.25, 0.3) is 27.3 Å². The number of halogens is 2. The molecule has 0 saturated carbocycles. The summed E-state index contributed by atoms with van der Waals surface area (Å²) in [6.07, 6.45) is 1.19. The number of fused-ring (bicyclic) bond motifs is 3. The Hall–Kier alpha value is -4.50. The van der Waals surface area contributed by atoms with Crippen LogP contribution in [0.1, 0.15) is 6.42 Å². The fraction of sp³-hybridized carbons (Fsp3) is 0.333. The average Bonchev–Trinajstić information content (AvgIpc) is 3.77. The van der Waals surface area contributed by atoms with Crippen LogP contribution in [0.3, 0.4) is 0 Å². The minimum Gasteiger partial charge on any atom is -0.477 e. The summed E-state index contributed by atoms with van der Waals surface area (Å²) in [5, 5.41) is 7.13. The van der Waals surface area contributed by atoms with E-state index in [0.717, 1.165) is 17.4 Å². The number of nitrogens with zero attached hydrogens (tertiary/aromatic N) is 6. The summed E-state index contributed by atoms with van der Waals surface area (Å²) < 4.78 is 44.0. The van der Waals surface area contributed by atoms with Crippen molar-refractivity contribution in [3.8, 4) is 17.2 Å². The van der Waals surface area contributed by atoms with Gasteiger partial charge < -0.3 is 25.1 Å². The van der Waals surface area contributed by atoms with Crippen LogP contribution < -0.4 is 25.6 Å². The number of hydrogen-bond acceptors (Lipinski definition) is 10. The van der Waals surface area contributed by atoms with Gasteiger partial charge in [0.25, 0.3) is 5.91 Å². The number of nitrogen functional groups attached to an aromatic ring is 1. The van der Waals surface area contributed by atoms with Gasteiger partial charge in [-0.05, 0) is 18.2 Å². The Balaban J connectivity index is 1.05. The lowest BCUT2D eigenvalue weighted by Gasteiger charge is -2.36. The van der Waals surface area contributed by atoms with Crippen LogP contribution in [-0.2, 0) is 11.3 Å². The molecule has 7 rings (SSSR count). The molecule has 1 amide bonds. The van der Waals surface area contributed by atoms with Crippen LogP contribution in [0.4, 0.5) is 20.4 Å². The third kappa shape index (κ3) is 4.63. The van der Waals surface area contributed by atoms with Gasteiger partial charge in [-0.15, -0.1) is 0 Å². The van der Waals surface area contributed by atoms with Gasteiger partial charge in [0.15, 0.2) is 29.1 Å². The number of piperazine rings is 1. The first-order chi connectivity index (χ1) is 20.4. The molecule has 0 bridgehead atoms. The maximum Gasteiger partial charge on any atom is 0.309 e. The summed E-state index contributed by atoms with van der Waals surface area (Å²) >= 11 is 1.09. The van der Waals surface area contributed by atoms with E-state index in [1.165, 1.54) is 10.6 Å². The molecule has 5 aromatic rings. The van der Waals surface area contributed by atoms with Crippen molar-refractivity contribution >= 4 is 44.7 Å². The third-order valence-electron chi connectivity index (χ3n) is 7.64. The molecule has 42 heavy (non-hydrogen) atoms. The minimum atomic E-state index is -0.845. The van der Waals surface area contributed by atoms with E-state index < -0.39 is 17.7 Å². The Morgan fingerprint density at radius 1 is 1.12 bits per heavy atom. The van der Waals surface area contributed by atoms with Gasteiger partial charge in [-0.2, -0.15) is 14.6 Å². The normalized spacial score (nSPS) is 17.9. The van der Waals surface area contributed by atoms with Gasteiger partial charge in [0.2, 0.25) is 5.95 Å². The van der Waals surface area contributed by atoms with Gasteiger partial charge in [0.1, 0.15) is 16.2 Å². The zero-order valence-corrected chi connectivity index (χ0v) is 23.1. The van der Waals surface area contributed by atoms with Gasteiger partial charge in [-0.3, -0.25) is 19.1 Å². The number of benzene rings is 1. The minimum absolute atomic E-state index is 0.144. The molecule has 2 aliphatic rings. The van der Waals surface area contributed by atoms with Crippen LogP contribution in [0, 0.1) is 11.6 Å². The molecule has 4 aromatic heterocycles. The number of nitrogens with one attached hydrogen (secondary N) is 1. The van der Waals surface area contributed by atoms with Crippen molar-refractivity contribution in [1.82, 2.24) is 29.4 Å². The van der Waals surface area contributed by atoms with Gasteiger partial charge >= 0.3 is 4.87 Å². The van der Waals surface area contributed by atoms with E-state index in [1.807, 2.05) is 11.0 Å². The Bertz CT molecular complexity index is 1860. The Morgan fingerprint density at radius 3 is 2.69 bits per heavy atom. The number of nitrogens with two attached hydrogens (primary N) is 1. The van der Waals surface area contributed by atoms with E-state index in [1.54, 1.807) is 23.0 Å². The molecule has 15 heteroatoms. The molecule has 2 aliphatic heterocycles. The van der Waals surface area contributed by atoms with Crippen molar-refractivity contribution in [2.75, 3.05) is 49.9 Å². The summed E-state index contributed by atoms with van der Waals surface area (Å²) in [4.78, 5) is 33.2. The topological polar surface area (TPSA) is 136 Å². The van der Waals surface area contributed by atoms with Crippen molar-refractivity contribution in [2.24, 2.45) is 0 Å². The number of carbonyl (C=O) groups is 1. The summed E-state index contributed by atoms with van der Waals surface area (Å²) in [5.41, 5.74) is 8.20. The average molecular weight is 597 g/mol. The lowest BCUT2D eigenvalue weighted by molar-refractivity contribution is -0.125. The SMILES string of the molecule is Nc1nc2c(sc(=O)n2CCN2CCN(c3cc(O[C@@H]4CCNC4=O)c(F)cc3F)CC2)c2cc(-c3ccco3)nn12. The molecule has 0 radical (unpaired) electrons. The predicted octanol–water partition coefficient (Wildman–Crippen LogP) is 2.32. The molecule has 0 aliphatic carbocycles. The van der Waals surface area contributed by atoms with Crippen LogP contribution in [-0.4, -0.2) is 75.3 Å². The lowest BCUT2D eigenvalue weighted by Crippen LogP contribution is -2.47. The number of furan rings is 1. The van der Waals surface area contributed by atoms with Gasteiger partial charge in [-0.1, -0.05) is 11.3 Å². The first-order valence-corrected chi connectivity index (χ1v) is 14.3. The van der Waals surface area contributed by atoms with Crippen molar-refractivity contribution in [1.29, 1.82) is 0 Å². The Kier molecular flexibility index (Phi) is 6.54. The lowest BCUT2D eigenvalue weighted by atomic mass is 10.2. The molecule has 0 spiro atoms. The highest BCUT2D eigenvalue weighted by Crippen LogP contribution is 2.31. The van der Waals surface area contributed by atoms with Crippen LogP contribution in [0.5, 0.6) is 5.75 Å². The second kappa shape index (κ2) is 10.4. The molecule has 3 N–H and O–H groups in total. The summed E-state index contributed by atoms with van der Waals surface area (Å²) in [5.74, 6) is -1.24. The maximum atomic E-state index is 14.8. The molecule has 6 heterocycles. The van der Waals surface area contributed by atoms with E-state index in [2.05, 4.69) is 20.3 Å². The third-order valence-corrected chi connectivity index (χ3v) is 8.63. The Morgan fingerprint density at radius 2 is 1.95 bits per heavy atom. The summed E-state index contributed by atoms with van der Waals surface area (Å²) in [6.45, 7) is 3.60. The molecular formula is C27H26F2N8O4S. The fourth-order valence-corrected chi connectivity index (χ4v) is 6.39. The highest BCUT2D eigenvalue weighted by atomic mass is 32.1. The number of thiazole rings is 1. The molecule has 2 saturated heterocycles. The standard InChI is InChI=1S/C27H26F2N8O4S/c28-15-12-16(29)22(41-21-3-4-31-25(21)38)14-18(15)35-8-5-34(6-9-35)7-10-36-24-23(42-27(36)39)19-13-17(20-2-1-11-40-20)33-37(19)26(30)32-24/h1-2,11-14,21H,3-10H2,(H2,30,32)(H,31,38)/t21-/m1/s1. The predicted molar refractivity (Wildman–Crippen MR) is 152 cm³/mol. The number of aromatic nitrogens is 4. The molecule has 12 nitrogen and oxygen atoms in total. The van der Waals surface area contributed by atoms with Crippen molar-refractivity contribution in [2.45, 2.75) is 19.1 Å². The summed E-state index contributed by atoms with van der Waals surface area (Å²) in [7, 11) is 0. The number of hydrogen-bond donors (Lipinski definition) is 2. The smallest absolute Gasteiger partial charge is 0.309 e. The number of carbonyl (C=O) groups excluding carboxylic acids is 1. The van der Waals surface area contributed by atoms with Gasteiger partial charge in [0.05, 0.1) is 17.5 Å². The van der Waals surface area contributed by atoms with E-state index in [4.69, 9.17) is 14.9 Å². The highest BCUT2D eigenvalue weighted by molar-refractivity contribution is 7.17. The van der Waals surface area contributed by atoms with Crippen LogP contribution in [0.2, 0.25) is 0 Å². The van der Waals surface area contributed by atoms with Gasteiger partial charge in [0, 0.05) is 64.4 Å². The molecule has 1 aromatic carbocycles. The first kappa shape index (κ1) is 26.4. The van der Waals surface area contributed by atoms with Crippen LogP contribution >= 0.6 is 11.3 Å². The monoisotopic (exact) mass is 596 g/mol. The molecule has 218 valence electrons. The maximum absolute atomic E-state index is 14.8. The van der Waals surface area contributed by atoms with Gasteiger partial charge in [-0.25, -0.2) is 8.78 Å². The summed E-state index contributed by atoms with van der Waals surface area (Å²) in [6, 6.07) is 7.51. The number of anilines is 2. The molecule has 0 unspecified atom stereocenters. The second-order valence-corrected chi connectivity index (χ2v) is 11.2. The van der Waals surface area contributed by atoms with E-state index in [9.17, 15) is 18.4 Å². The number of ether oxygens (including phenoxy) is 1. The fourth-order valence-electron chi connectivity index (χ4n) is 5.43. The number of amides is 1. The largest absolute Gasteiger partial charge is 0.477 e. The van der Waals surface area contributed by atoms with Crippen molar-refractivity contribution < 1.29 is 22.7 Å². The van der Waals surface area contributed by atoms with Crippen molar-refractivity contribution in [3.63, 3.8) is 0 Å². The number of rotatable bonds is 7. The van der Waals surface area contributed by atoms with E-state index in [0.29, 0.717) is 79.6 Å². The first-order valence-electron chi connectivity index (χ1n) is 13.5. The second-order valence-electron chi connectivity index (χ2n) is 10.2. The zero-order valence-electron chi connectivity index (χ0n) is 22.3. The zero-order chi connectivity index (χ0) is 29.0. The van der Waals surface area contributed by atoms with E-state index in [-0.39, 0.29) is 28.2 Å². The quantitative estimate of drug-likeness (QED) is 0.290.